The summed E-state index contributed by atoms with van der Waals surface area (Å²) >= 11 is 11.9. The summed E-state index contributed by atoms with van der Waals surface area (Å²) in [6.45, 7) is 3.89. The molecule has 2 rings (SSSR count). The first kappa shape index (κ1) is 22.3. The fourth-order valence-electron chi connectivity index (χ4n) is 2.60. The number of carbonyl (C=O) groups excluding carboxylic acids is 1. The molecule has 1 N–H and O–H groups in total. The van der Waals surface area contributed by atoms with Gasteiger partial charge in [-0.1, -0.05) is 35.3 Å². The first-order chi connectivity index (χ1) is 13.1. The van der Waals surface area contributed by atoms with Crippen LogP contribution in [0.25, 0.3) is 0 Å². The third-order valence-electron chi connectivity index (χ3n) is 3.89. The SMILES string of the molecule is CCOc1ccc([C@H](C)NC(=O)CN(c2cc(Cl)cc(Cl)c2)S(C)(=O)=O)cc1. The maximum atomic E-state index is 12.5. The molecule has 1 amide bonds. The smallest absolute Gasteiger partial charge is 0.241 e. The minimum Gasteiger partial charge on any atom is -0.494 e. The number of amides is 1. The Morgan fingerprint density at radius 2 is 1.71 bits per heavy atom. The summed E-state index contributed by atoms with van der Waals surface area (Å²) in [7, 11) is -3.72. The van der Waals surface area contributed by atoms with E-state index >= 15 is 0 Å². The standard InChI is InChI=1S/C19H22Cl2N2O4S/c1-4-27-18-7-5-14(6-8-18)13(2)22-19(24)12-23(28(3,25)26)17-10-15(20)9-16(21)11-17/h5-11,13H,4,12H2,1-3H3,(H,22,24)/t13-/m0/s1. The minimum atomic E-state index is -3.72. The largest absolute Gasteiger partial charge is 0.494 e. The molecule has 0 spiro atoms. The average Bonchev–Trinajstić information content (AvgIpc) is 2.58. The lowest BCUT2D eigenvalue weighted by atomic mass is 10.1. The van der Waals surface area contributed by atoms with Gasteiger partial charge in [0, 0.05) is 10.0 Å². The van der Waals surface area contributed by atoms with Gasteiger partial charge >= 0.3 is 0 Å². The fourth-order valence-corrected chi connectivity index (χ4v) is 3.96. The summed E-state index contributed by atoms with van der Waals surface area (Å²) in [5.74, 6) is 0.286. The van der Waals surface area contributed by atoms with Gasteiger partial charge in [0.1, 0.15) is 12.3 Å². The number of halogens is 2. The van der Waals surface area contributed by atoms with Crippen LogP contribution >= 0.6 is 23.2 Å². The van der Waals surface area contributed by atoms with E-state index in [0.29, 0.717) is 6.61 Å². The molecule has 152 valence electrons. The van der Waals surface area contributed by atoms with Crippen molar-refractivity contribution in [1.29, 1.82) is 0 Å². The molecule has 0 aliphatic carbocycles. The maximum absolute atomic E-state index is 12.5. The van der Waals surface area contributed by atoms with Gasteiger partial charge in [0.15, 0.2) is 0 Å². The normalized spacial score (nSPS) is 12.3. The lowest BCUT2D eigenvalue weighted by Gasteiger charge is -2.23. The monoisotopic (exact) mass is 444 g/mol. The van der Waals surface area contributed by atoms with E-state index in [4.69, 9.17) is 27.9 Å². The van der Waals surface area contributed by atoms with Gasteiger partial charge in [0.05, 0.1) is 24.6 Å². The highest BCUT2D eigenvalue weighted by atomic mass is 35.5. The Morgan fingerprint density at radius 3 is 2.21 bits per heavy atom. The van der Waals surface area contributed by atoms with E-state index in [1.165, 1.54) is 18.2 Å². The van der Waals surface area contributed by atoms with Crippen molar-refractivity contribution in [1.82, 2.24) is 5.32 Å². The van der Waals surface area contributed by atoms with Crippen LogP contribution in [-0.4, -0.2) is 33.7 Å². The van der Waals surface area contributed by atoms with Gasteiger partial charge in [-0.15, -0.1) is 0 Å². The third kappa shape index (κ3) is 6.29. The second-order valence-corrected chi connectivity index (χ2v) is 8.97. The van der Waals surface area contributed by atoms with Crippen molar-refractivity contribution >= 4 is 44.8 Å². The molecule has 0 saturated heterocycles. The number of benzene rings is 2. The zero-order valence-corrected chi connectivity index (χ0v) is 18.1. The van der Waals surface area contributed by atoms with Crippen LogP contribution in [0.2, 0.25) is 10.0 Å². The molecule has 9 heteroatoms. The number of sulfonamides is 1. The van der Waals surface area contributed by atoms with Crippen LogP contribution < -0.4 is 14.4 Å². The molecular weight excluding hydrogens is 423 g/mol. The topological polar surface area (TPSA) is 75.7 Å². The Balaban J connectivity index is 2.13. The van der Waals surface area contributed by atoms with Crippen molar-refractivity contribution in [3.8, 4) is 5.75 Å². The molecule has 0 heterocycles. The number of carbonyl (C=O) groups is 1. The third-order valence-corrected chi connectivity index (χ3v) is 5.47. The predicted octanol–water partition coefficient (Wildman–Crippen LogP) is 4.04. The van der Waals surface area contributed by atoms with Crippen LogP contribution in [0.5, 0.6) is 5.75 Å². The van der Waals surface area contributed by atoms with E-state index in [0.717, 1.165) is 21.9 Å². The summed E-state index contributed by atoms with van der Waals surface area (Å²) in [6.07, 6.45) is 1.02. The first-order valence-corrected chi connectivity index (χ1v) is 11.2. The van der Waals surface area contributed by atoms with Crippen LogP contribution in [0.3, 0.4) is 0 Å². The number of nitrogens with one attached hydrogen (secondary N) is 1. The molecule has 0 bridgehead atoms. The fraction of sp³-hybridized carbons (Fsp3) is 0.316. The highest BCUT2D eigenvalue weighted by Gasteiger charge is 2.22. The molecule has 6 nitrogen and oxygen atoms in total. The second kappa shape index (κ2) is 9.49. The van der Waals surface area contributed by atoms with E-state index in [1.807, 2.05) is 38.1 Å². The number of ether oxygens (including phenoxy) is 1. The zero-order valence-electron chi connectivity index (χ0n) is 15.8. The van der Waals surface area contributed by atoms with E-state index in [2.05, 4.69) is 5.32 Å². The average molecular weight is 445 g/mol. The van der Waals surface area contributed by atoms with Gasteiger partial charge in [-0.25, -0.2) is 8.42 Å². The molecule has 28 heavy (non-hydrogen) atoms. The van der Waals surface area contributed by atoms with Gasteiger partial charge in [-0.2, -0.15) is 0 Å². The van der Waals surface area contributed by atoms with Gasteiger partial charge in [0.25, 0.3) is 0 Å². The molecular formula is C19H22Cl2N2O4S. The molecule has 0 aliphatic heterocycles. The highest BCUT2D eigenvalue weighted by Crippen LogP contribution is 2.27. The molecule has 2 aromatic carbocycles. The quantitative estimate of drug-likeness (QED) is 0.666. The van der Waals surface area contributed by atoms with Crippen molar-refractivity contribution < 1.29 is 17.9 Å². The molecule has 0 radical (unpaired) electrons. The Labute approximate surface area is 175 Å². The van der Waals surface area contributed by atoms with Crippen LogP contribution in [-0.2, 0) is 14.8 Å². The van der Waals surface area contributed by atoms with Crippen molar-refractivity contribution in [2.24, 2.45) is 0 Å². The Bertz CT molecular complexity index is 913. The number of anilines is 1. The maximum Gasteiger partial charge on any atom is 0.241 e. The van der Waals surface area contributed by atoms with Crippen LogP contribution in [0.4, 0.5) is 5.69 Å². The van der Waals surface area contributed by atoms with Crippen molar-refractivity contribution in [3.05, 3.63) is 58.1 Å². The minimum absolute atomic E-state index is 0.226. The molecule has 0 unspecified atom stereocenters. The van der Waals surface area contributed by atoms with Gasteiger partial charge < -0.3 is 10.1 Å². The second-order valence-electron chi connectivity index (χ2n) is 6.19. The number of hydrogen-bond acceptors (Lipinski definition) is 4. The summed E-state index contributed by atoms with van der Waals surface area (Å²) in [5, 5.41) is 3.35. The lowest BCUT2D eigenvalue weighted by molar-refractivity contribution is -0.120. The number of nitrogens with zero attached hydrogens (tertiary/aromatic N) is 1. The first-order valence-electron chi connectivity index (χ1n) is 8.56. The van der Waals surface area contributed by atoms with Crippen molar-refractivity contribution in [2.45, 2.75) is 19.9 Å². The molecule has 0 aliphatic rings. The Kier molecular flexibility index (Phi) is 7.57. The molecule has 0 aromatic heterocycles. The summed E-state index contributed by atoms with van der Waals surface area (Å²) in [4.78, 5) is 12.5. The molecule has 1 atom stereocenters. The van der Waals surface area contributed by atoms with E-state index < -0.39 is 22.5 Å². The highest BCUT2D eigenvalue weighted by molar-refractivity contribution is 7.92. The summed E-state index contributed by atoms with van der Waals surface area (Å²) in [5.41, 5.74) is 1.09. The summed E-state index contributed by atoms with van der Waals surface area (Å²) < 4.78 is 30.7. The predicted molar refractivity (Wildman–Crippen MR) is 113 cm³/mol. The van der Waals surface area contributed by atoms with Crippen LogP contribution in [0, 0.1) is 0 Å². The van der Waals surface area contributed by atoms with E-state index in [9.17, 15) is 13.2 Å². The van der Waals surface area contributed by atoms with Crippen molar-refractivity contribution in [3.63, 3.8) is 0 Å². The van der Waals surface area contributed by atoms with Gasteiger partial charge in [-0.3, -0.25) is 9.10 Å². The van der Waals surface area contributed by atoms with Crippen LogP contribution in [0.15, 0.2) is 42.5 Å². The van der Waals surface area contributed by atoms with E-state index in [1.54, 1.807) is 0 Å². The van der Waals surface area contributed by atoms with Crippen LogP contribution in [0.1, 0.15) is 25.5 Å². The van der Waals surface area contributed by atoms with Gasteiger partial charge in [-0.05, 0) is 49.7 Å². The number of hydrogen-bond donors (Lipinski definition) is 1. The zero-order chi connectivity index (χ0) is 20.9. The summed E-state index contributed by atoms with van der Waals surface area (Å²) in [6, 6.07) is 11.4. The molecule has 0 saturated carbocycles. The van der Waals surface area contributed by atoms with Crippen molar-refractivity contribution in [2.75, 3.05) is 23.7 Å². The number of rotatable bonds is 8. The van der Waals surface area contributed by atoms with Gasteiger partial charge in [0.2, 0.25) is 15.9 Å². The lowest BCUT2D eigenvalue weighted by Crippen LogP contribution is -2.41. The molecule has 0 fully saturated rings. The van der Waals surface area contributed by atoms with E-state index in [-0.39, 0.29) is 21.8 Å². The Hall–Kier alpha value is -1.96. The molecule has 2 aromatic rings. The Morgan fingerprint density at radius 1 is 1.14 bits per heavy atom.